The maximum Gasteiger partial charge on any atom is 0.147 e. The van der Waals surface area contributed by atoms with Crippen LogP contribution in [0.25, 0.3) is 0 Å². The number of hydrogen-bond donors (Lipinski definition) is 2. The third kappa shape index (κ3) is 3.26. The lowest BCUT2D eigenvalue weighted by atomic mass is 9.80. The maximum atomic E-state index is 6.48. The fourth-order valence-electron chi connectivity index (χ4n) is 3.60. The summed E-state index contributed by atoms with van der Waals surface area (Å²) in [6, 6.07) is 1.87. The van der Waals surface area contributed by atoms with Gasteiger partial charge in [0.15, 0.2) is 0 Å². The van der Waals surface area contributed by atoms with Gasteiger partial charge in [0.1, 0.15) is 17.3 Å². The molecule has 1 fully saturated rings. The molecule has 4 rings (SSSR count). The molecule has 0 unspecified atom stereocenters. The number of halogens is 1. The maximum absolute atomic E-state index is 6.48. The van der Waals surface area contributed by atoms with Crippen LogP contribution in [-0.2, 0) is 6.54 Å². The first-order chi connectivity index (χ1) is 13.0. The number of piperidine rings is 1. The molecule has 7 nitrogen and oxygen atoms in total. The monoisotopic (exact) mass is 385 g/mol. The number of fused-ring (bicyclic) bond motifs is 1. The normalized spacial score (nSPS) is 18.2. The molecule has 0 saturated carbocycles. The summed E-state index contributed by atoms with van der Waals surface area (Å²) in [5.74, 6) is 1.55. The molecule has 0 atom stereocenters. The average molecular weight is 386 g/mol. The van der Waals surface area contributed by atoms with Crippen molar-refractivity contribution in [2.45, 2.75) is 26.3 Å². The van der Waals surface area contributed by atoms with Crippen molar-refractivity contribution < 1.29 is 0 Å². The van der Waals surface area contributed by atoms with Crippen LogP contribution in [0.4, 0.5) is 11.6 Å². The van der Waals surface area contributed by atoms with Crippen LogP contribution in [0, 0.1) is 5.41 Å². The van der Waals surface area contributed by atoms with E-state index in [-0.39, 0.29) is 5.41 Å². The van der Waals surface area contributed by atoms with Crippen LogP contribution in [-0.4, -0.2) is 47.3 Å². The van der Waals surface area contributed by atoms with E-state index in [1.807, 2.05) is 12.3 Å². The standard InChI is InChI=1S/C19H24ClN7/c1-19(11-21)4-7-27(8-5-19)14-10-25-17-13(26-14)9-24-16(17)12-3-6-23-18(22-2)15(12)20/h3,6,10H,4-5,7-9,11,21H2,1-2H3,(H,22,23). The first kappa shape index (κ1) is 18.1. The Morgan fingerprint density at radius 3 is 2.78 bits per heavy atom. The molecule has 0 aromatic carbocycles. The molecule has 0 bridgehead atoms. The highest BCUT2D eigenvalue weighted by atomic mass is 35.5. The second-order valence-corrected chi connectivity index (χ2v) is 7.84. The topological polar surface area (TPSA) is 92.3 Å². The summed E-state index contributed by atoms with van der Waals surface area (Å²) in [5, 5.41) is 3.55. The van der Waals surface area contributed by atoms with Gasteiger partial charge in [0.25, 0.3) is 0 Å². The Balaban J connectivity index is 1.58. The van der Waals surface area contributed by atoms with E-state index in [1.54, 1.807) is 13.2 Å². The Bertz CT molecular complexity index is 888. The SMILES string of the molecule is CNc1nccc(C2=NCc3nc(N4CCC(C)(CN)CC4)cnc32)c1Cl. The quantitative estimate of drug-likeness (QED) is 0.839. The molecule has 2 aromatic heterocycles. The molecular weight excluding hydrogens is 362 g/mol. The summed E-state index contributed by atoms with van der Waals surface area (Å²) >= 11 is 6.48. The molecule has 3 N–H and O–H groups in total. The first-order valence-electron chi connectivity index (χ1n) is 9.23. The predicted octanol–water partition coefficient (Wildman–Crippen LogP) is 2.48. The van der Waals surface area contributed by atoms with Gasteiger partial charge < -0.3 is 16.0 Å². The smallest absolute Gasteiger partial charge is 0.147 e. The van der Waals surface area contributed by atoms with Crippen LogP contribution >= 0.6 is 11.6 Å². The van der Waals surface area contributed by atoms with Crippen molar-refractivity contribution in [2.75, 3.05) is 36.9 Å². The summed E-state index contributed by atoms with van der Waals surface area (Å²) in [5.41, 5.74) is 9.46. The lowest BCUT2D eigenvalue weighted by Gasteiger charge is -2.39. The lowest BCUT2D eigenvalue weighted by molar-refractivity contribution is 0.258. The van der Waals surface area contributed by atoms with Crippen molar-refractivity contribution in [3.8, 4) is 0 Å². The van der Waals surface area contributed by atoms with Gasteiger partial charge in [-0.05, 0) is 30.9 Å². The minimum atomic E-state index is 0.236. The highest BCUT2D eigenvalue weighted by Crippen LogP contribution is 2.33. The number of aliphatic imine (C=N–C) groups is 1. The Morgan fingerprint density at radius 2 is 2.07 bits per heavy atom. The third-order valence-electron chi connectivity index (χ3n) is 5.61. The van der Waals surface area contributed by atoms with E-state index < -0.39 is 0 Å². The Labute approximate surface area is 164 Å². The summed E-state index contributed by atoms with van der Waals surface area (Å²) in [6.45, 7) is 5.42. The number of anilines is 2. The molecule has 0 amide bonds. The van der Waals surface area contributed by atoms with Crippen LogP contribution in [0.15, 0.2) is 23.5 Å². The van der Waals surface area contributed by atoms with E-state index in [0.29, 0.717) is 17.4 Å². The fraction of sp³-hybridized carbons (Fsp3) is 0.474. The van der Waals surface area contributed by atoms with Crippen molar-refractivity contribution in [3.63, 3.8) is 0 Å². The van der Waals surface area contributed by atoms with E-state index in [0.717, 1.165) is 61.0 Å². The van der Waals surface area contributed by atoms with E-state index in [2.05, 4.69) is 32.1 Å². The van der Waals surface area contributed by atoms with Gasteiger partial charge in [-0.3, -0.25) is 4.99 Å². The number of aromatic nitrogens is 3. The fourth-order valence-corrected chi connectivity index (χ4v) is 3.90. The molecule has 142 valence electrons. The van der Waals surface area contributed by atoms with Crippen LogP contribution < -0.4 is 16.0 Å². The van der Waals surface area contributed by atoms with Gasteiger partial charge >= 0.3 is 0 Å². The second kappa shape index (κ2) is 7.05. The van der Waals surface area contributed by atoms with Crippen LogP contribution in [0.2, 0.25) is 5.02 Å². The highest BCUT2D eigenvalue weighted by Gasteiger charge is 2.30. The van der Waals surface area contributed by atoms with Crippen molar-refractivity contribution >= 4 is 28.9 Å². The summed E-state index contributed by atoms with van der Waals surface area (Å²) in [7, 11) is 1.79. The van der Waals surface area contributed by atoms with E-state index in [9.17, 15) is 0 Å². The van der Waals surface area contributed by atoms with Crippen molar-refractivity contribution in [1.82, 2.24) is 15.0 Å². The molecule has 2 aliphatic rings. The second-order valence-electron chi connectivity index (χ2n) is 7.46. The minimum Gasteiger partial charge on any atom is -0.372 e. The molecule has 8 heteroatoms. The molecule has 0 aliphatic carbocycles. The van der Waals surface area contributed by atoms with Crippen molar-refractivity contribution in [1.29, 1.82) is 0 Å². The van der Waals surface area contributed by atoms with E-state index in [1.165, 1.54) is 0 Å². The number of pyridine rings is 1. The molecule has 2 aromatic rings. The van der Waals surface area contributed by atoms with Gasteiger partial charge in [-0.15, -0.1) is 0 Å². The Kier molecular flexibility index (Phi) is 4.74. The van der Waals surface area contributed by atoms with Crippen molar-refractivity contribution in [2.24, 2.45) is 16.1 Å². The molecule has 27 heavy (non-hydrogen) atoms. The molecule has 4 heterocycles. The summed E-state index contributed by atoms with van der Waals surface area (Å²) in [6.07, 6.45) is 5.71. The summed E-state index contributed by atoms with van der Waals surface area (Å²) in [4.78, 5) is 20.7. The third-order valence-corrected chi connectivity index (χ3v) is 5.99. The van der Waals surface area contributed by atoms with Gasteiger partial charge in [0.2, 0.25) is 0 Å². The van der Waals surface area contributed by atoms with Crippen LogP contribution in [0.5, 0.6) is 0 Å². The lowest BCUT2D eigenvalue weighted by Crippen LogP contribution is -2.42. The average Bonchev–Trinajstić information content (AvgIpc) is 3.12. The Morgan fingerprint density at radius 1 is 1.30 bits per heavy atom. The van der Waals surface area contributed by atoms with E-state index >= 15 is 0 Å². The zero-order valence-corrected chi connectivity index (χ0v) is 16.4. The predicted molar refractivity (Wildman–Crippen MR) is 109 cm³/mol. The number of nitrogens with two attached hydrogens (primary N) is 1. The van der Waals surface area contributed by atoms with E-state index in [4.69, 9.17) is 22.3 Å². The van der Waals surface area contributed by atoms with Gasteiger partial charge in [-0.1, -0.05) is 18.5 Å². The number of nitrogens with one attached hydrogen (secondary N) is 1. The van der Waals surface area contributed by atoms with Crippen molar-refractivity contribution in [3.05, 3.63) is 40.4 Å². The highest BCUT2D eigenvalue weighted by molar-refractivity contribution is 6.37. The number of rotatable bonds is 4. The molecule has 1 saturated heterocycles. The number of nitrogens with zero attached hydrogens (tertiary/aromatic N) is 5. The molecule has 0 spiro atoms. The Hall–Kier alpha value is -2.25. The first-order valence-corrected chi connectivity index (χ1v) is 9.61. The zero-order chi connectivity index (χ0) is 19.0. The van der Waals surface area contributed by atoms with Crippen LogP contribution in [0.3, 0.4) is 0 Å². The van der Waals surface area contributed by atoms with Gasteiger partial charge in [-0.25, -0.2) is 15.0 Å². The minimum absolute atomic E-state index is 0.236. The van der Waals surface area contributed by atoms with Gasteiger partial charge in [0.05, 0.1) is 29.2 Å². The molecular formula is C19H24ClN7. The molecule has 2 aliphatic heterocycles. The van der Waals surface area contributed by atoms with Crippen LogP contribution in [0.1, 0.15) is 36.7 Å². The van der Waals surface area contributed by atoms with Gasteiger partial charge in [-0.2, -0.15) is 0 Å². The largest absolute Gasteiger partial charge is 0.372 e. The molecule has 0 radical (unpaired) electrons. The number of hydrogen-bond acceptors (Lipinski definition) is 7. The zero-order valence-electron chi connectivity index (χ0n) is 15.7. The summed E-state index contributed by atoms with van der Waals surface area (Å²) < 4.78 is 0. The van der Waals surface area contributed by atoms with Gasteiger partial charge in [0, 0.05) is 31.9 Å².